The molecule has 1 N–H and O–H groups in total. The largest absolute Gasteiger partial charge is 1.00 e. The van der Waals surface area contributed by atoms with Crippen LogP contribution in [0.5, 0.6) is 0 Å². The first-order valence-electron chi connectivity index (χ1n) is 15.2. The van der Waals surface area contributed by atoms with Crippen molar-refractivity contribution in [2.45, 2.75) is 47.8 Å². The minimum absolute atomic E-state index is 0. The number of carboxylic acids is 2. The number of carbonyl (C=O) groups excluding carboxylic acids is 1. The molecule has 2 saturated carbocycles. The molecule has 0 amide bonds. The van der Waals surface area contributed by atoms with Crippen molar-refractivity contribution in [1.82, 2.24) is 29.5 Å². The molecule has 0 atom stereocenters. The monoisotopic (exact) mass is 844 g/mol. The normalized spacial score (nSPS) is 13.9. The third-order valence-corrected chi connectivity index (χ3v) is 11.1. The second-order valence-corrected chi connectivity index (χ2v) is 14.8. The molecule has 8 rings (SSSR count). The van der Waals surface area contributed by atoms with Gasteiger partial charge in [-0.3, -0.25) is 13.9 Å². The Bertz CT molecular complexity index is 2030. The molecule has 0 bridgehead atoms. The van der Waals surface area contributed by atoms with E-state index in [4.69, 9.17) is 5.11 Å². The number of fused-ring (bicyclic) bond motifs is 2. The number of aromatic nitrogens is 6. The van der Waals surface area contributed by atoms with E-state index in [0.29, 0.717) is 31.6 Å². The average molecular weight is 847 g/mol. The van der Waals surface area contributed by atoms with Crippen LogP contribution in [0.2, 0.25) is 0 Å². The number of carboxylic acid groups (broad SMARTS) is 2. The van der Waals surface area contributed by atoms with Crippen LogP contribution >= 0.6 is 55.4 Å². The summed E-state index contributed by atoms with van der Waals surface area (Å²) >= 11 is 9.12. The topological polar surface area (TPSA) is 139 Å². The van der Waals surface area contributed by atoms with Crippen LogP contribution in [-0.4, -0.2) is 58.1 Å². The summed E-state index contributed by atoms with van der Waals surface area (Å²) in [7, 11) is 0. The van der Waals surface area contributed by atoms with Gasteiger partial charge in [-0.1, -0.05) is 84.2 Å². The number of carbonyl (C=O) groups is 2. The molecule has 0 unspecified atom stereocenters. The summed E-state index contributed by atoms with van der Waals surface area (Å²) in [4.78, 5) is 21.6. The zero-order chi connectivity index (χ0) is 33.4. The van der Waals surface area contributed by atoms with Crippen molar-refractivity contribution < 1.29 is 71.2 Å². The van der Waals surface area contributed by atoms with Crippen molar-refractivity contribution in [2.24, 2.45) is 0 Å². The standard InChI is InChI=1S/2C17H14BrN3O2S.K/c2*18-16-19-20-17(24-9-15(22)23)21(16)14-6-2-4-12-11(10-7-8-10)3-1-5-13(12)14;/h2*1-6,10H,7-9H2,(H,22,23);/q;;+1/p-1. The zero-order valence-corrected chi connectivity index (χ0v) is 34.2. The van der Waals surface area contributed by atoms with E-state index in [1.165, 1.54) is 47.6 Å². The Morgan fingerprint density at radius 3 is 1.49 bits per heavy atom. The molecule has 4 aromatic carbocycles. The summed E-state index contributed by atoms with van der Waals surface area (Å²) in [6.07, 6.45) is 4.98. The van der Waals surface area contributed by atoms with Gasteiger partial charge in [0.05, 0.1) is 23.1 Å². The quantitative estimate of drug-likeness (QED) is 0.158. The van der Waals surface area contributed by atoms with Crippen LogP contribution in [0.25, 0.3) is 32.9 Å². The van der Waals surface area contributed by atoms with Crippen molar-refractivity contribution in [3.8, 4) is 11.4 Å². The second-order valence-electron chi connectivity index (χ2n) is 11.5. The van der Waals surface area contributed by atoms with Gasteiger partial charge in [-0.2, -0.15) is 0 Å². The summed E-state index contributed by atoms with van der Waals surface area (Å²) in [6.45, 7) is 0. The maximum absolute atomic E-state index is 10.9. The van der Waals surface area contributed by atoms with Crippen LogP contribution in [0.3, 0.4) is 0 Å². The SMILES string of the molecule is O=C(O)CSc1nnc(Br)n1-c1cccc2c(C3CC3)cccc12.O=C([O-])CSc1nnc(Br)n1-c1cccc2c(C3CC3)cccc12.[K+]. The third-order valence-electron chi connectivity index (χ3n) is 8.21. The van der Waals surface area contributed by atoms with E-state index in [1.807, 2.05) is 33.4 Å². The fourth-order valence-corrected chi connectivity index (χ4v) is 8.31. The first-order valence-corrected chi connectivity index (χ1v) is 18.8. The van der Waals surface area contributed by atoms with Crippen LogP contribution in [-0.2, 0) is 9.59 Å². The Labute approximate surface area is 349 Å². The third kappa shape index (κ3) is 8.20. The predicted octanol–water partition coefficient (Wildman–Crippen LogP) is 4.14. The first kappa shape index (κ1) is 36.7. The Morgan fingerprint density at radius 2 is 1.08 bits per heavy atom. The number of hydrogen-bond donors (Lipinski definition) is 1. The van der Waals surface area contributed by atoms with Crippen molar-refractivity contribution >= 4 is 88.9 Å². The number of benzene rings is 4. The van der Waals surface area contributed by atoms with E-state index in [-0.39, 0.29) is 62.9 Å². The Balaban J connectivity index is 0.000000167. The number of halogens is 2. The fraction of sp³-hybridized carbons (Fsp3) is 0.235. The first-order chi connectivity index (χ1) is 23.3. The minimum atomic E-state index is -1.13. The molecule has 49 heavy (non-hydrogen) atoms. The van der Waals surface area contributed by atoms with Gasteiger partial charge in [-0.25, -0.2) is 0 Å². The summed E-state index contributed by atoms with van der Waals surface area (Å²) < 4.78 is 4.83. The van der Waals surface area contributed by atoms with Crippen LogP contribution in [0.1, 0.15) is 48.6 Å². The molecule has 0 spiro atoms. The summed E-state index contributed by atoms with van der Waals surface area (Å²) in [5.74, 6) is -0.902. The van der Waals surface area contributed by atoms with Gasteiger partial charge in [0, 0.05) is 16.5 Å². The molecule has 2 aromatic heterocycles. The number of aliphatic carboxylic acids is 2. The second kappa shape index (κ2) is 16.1. The molecule has 2 heterocycles. The smallest absolute Gasteiger partial charge is 0.549 e. The van der Waals surface area contributed by atoms with Gasteiger partial charge >= 0.3 is 57.4 Å². The van der Waals surface area contributed by atoms with E-state index in [9.17, 15) is 14.7 Å². The van der Waals surface area contributed by atoms with Crippen LogP contribution < -0.4 is 56.5 Å². The molecule has 10 nitrogen and oxygen atoms in total. The van der Waals surface area contributed by atoms with E-state index in [0.717, 1.165) is 45.7 Å². The molecule has 0 saturated heterocycles. The van der Waals surface area contributed by atoms with Crippen LogP contribution in [0.4, 0.5) is 0 Å². The van der Waals surface area contributed by atoms with Crippen LogP contribution in [0.15, 0.2) is 92.6 Å². The van der Waals surface area contributed by atoms with E-state index >= 15 is 0 Å². The maximum atomic E-state index is 10.9. The molecule has 244 valence electrons. The predicted molar refractivity (Wildman–Crippen MR) is 191 cm³/mol. The van der Waals surface area contributed by atoms with Gasteiger partial charge < -0.3 is 15.0 Å². The summed E-state index contributed by atoms with van der Waals surface area (Å²) in [5.41, 5.74) is 4.66. The Hall–Kier alpha value is -2.08. The van der Waals surface area contributed by atoms with Gasteiger partial charge in [0.25, 0.3) is 0 Å². The van der Waals surface area contributed by atoms with Crippen molar-refractivity contribution in [3.05, 3.63) is 93.4 Å². The average Bonchev–Trinajstić information content (AvgIpc) is 4.02. The Morgan fingerprint density at radius 1 is 0.673 bits per heavy atom. The van der Waals surface area contributed by atoms with E-state index < -0.39 is 11.9 Å². The molecular formula is C34H27Br2KN6O4S2. The molecule has 6 aromatic rings. The molecule has 2 aliphatic rings. The molecule has 15 heteroatoms. The van der Waals surface area contributed by atoms with Crippen molar-refractivity contribution in [3.63, 3.8) is 0 Å². The molecule has 0 radical (unpaired) electrons. The number of thioether (sulfide) groups is 2. The minimum Gasteiger partial charge on any atom is -0.549 e. The fourth-order valence-electron chi connectivity index (χ4n) is 5.87. The molecule has 0 aliphatic heterocycles. The zero-order valence-electron chi connectivity index (χ0n) is 26.3. The van der Waals surface area contributed by atoms with Crippen molar-refractivity contribution in [1.29, 1.82) is 0 Å². The van der Waals surface area contributed by atoms with Crippen molar-refractivity contribution in [2.75, 3.05) is 11.5 Å². The number of nitrogens with zero attached hydrogens (tertiary/aromatic N) is 6. The molecule has 2 fully saturated rings. The summed E-state index contributed by atoms with van der Waals surface area (Å²) in [6, 6.07) is 25.1. The maximum Gasteiger partial charge on any atom is 1.00 e. The van der Waals surface area contributed by atoms with E-state index in [2.05, 4.69) is 101 Å². The van der Waals surface area contributed by atoms with Gasteiger partial charge in [-0.05, 0) is 103 Å². The van der Waals surface area contributed by atoms with Gasteiger partial charge in [0.15, 0.2) is 10.3 Å². The van der Waals surface area contributed by atoms with Gasteiger partial charge in [0.2, 0.25) is 9.47 Å². The molecular weight excluding hydrogens is 819 g/mol. The van der Waals surface area contributed by atoms with E-state index in [1.54, 1.807) is 0 Å². The summed E-state index contributed by atoms with van der Waals surface area (Å²) in [5, 5.41) is 41.8. The van der Waals surface area contributed by atoms with Crippen LogP contribution in [0, 0.1) is 0 Å². The van der Waals surface area contributed by atoms with Gasteiger partial charge in [0.1, 0.15) is 0 Å². The molecule has 2 aliphatic carbocycles. The number of rotatable bonds is 10. The Kier molecular flexibility index (Phi) is 12.0. The van der Waals surface area contributed by atoms with Gasteiger partial charge in [-0.15, -0.1) is 20.4 Å². The number of hydrogen-bond acceptors (Lipinski definition) is 9.